The van der Waals surface area contributed by atoms with Crippen LogP contribution in [0.4, 0.5) is 0 Å². The summed E-state index contributed by atoms with van der Waals surface area (Å²) < 4.78 is 11.5. The molecule has 0 saturated carbocycles. The highest BCUT2D eigenvalue weighted by molar-refractivity contribution is 6.74. The van der Waals surface area contributed by atoms with Gasteiger partial charge >= 0.3 is 5.97 Å². The van der Waals surface area contributed by atoms with Crippen molar-refractivity contribution in [2.45, 2.75) is 64.5 Å². The van der Waals surface area contributed by atoms with Crippen molar-refractivity contribution < 1.29 is 18.8 Å². The minimum Gasteiger partial charge on any atom is -0.461 e. The van der Waals surface area contributed by atoms with Crippen LogP contribution in [0.2, 0.25) is 18.1 Å². The second-order valence-electron chi connectivity index (χ2n) is 7.52. The van der Waals surface area contributed by atoms with Crippen LogP contribution in [0.25, 0.3) is 0 Å². The Bertz CT molecular complexity index is 552. The van der Waals surface area contributed by atoms with Gasteiger partial charge < -0.3 is 14.9 Å². The van der Waals surface area contributed by atoms with Crippen LogP contribution in [0.5, 0.6) is 0 Å². The summed E-state index contributed by atoms with van der Waals surface area (Å²) in [5.41, 5.74) is 6.23. The predicted octanol–water partition coefficient (Wildman–Crippen LogP) is 3.39. The van der Waals surface area contributed by atoms with E-state index in [0.29, 0.717) is 0 Å². The van der Waals surface area contributed by atoms with E-state index in [-0.39, 0.29) is 30.5 Å². The summed E-state index contributed by atoms with van der Waals surface area (Å²) >= 11 is 0. The smallest absolute Gasteiger partial charge is 0.308 e. The number of hydrogen-bond acceptors (Lipinski definition) is 4. The highest BCUT2D eigenvalue weighted by atomic mass is 28.4. The molecule has 0 aliphatic carbocycles. The number of esters is 1. The van der Waals surface area contributed by atoms with Crippen LogP contribution in [-0.2, 0) is 25.4 Å². The number of amides is 1. The second-order valence-corrected chi connectivity index (χ2v) is 12.3. The first-order valence-corrected chi connectivity index (χ1v) is 11.1. The van der Waals surface area contributed by atoms with Crippen LogP contribution in [0, 0.1) is 0 Å². The van der Waals surface area contributed by atoms with Gasteiger partial charge in [0.15, 0.2) is 8.32 Å². The van der Waals surface area contributed by atoms with Crippen LogP contribution < -0.4 is 5.73 Å². The molecule has 0 saturated heterocycles. The lowest BCUT2D eigenvalue weighted by atomic mass is 10.2. The van der Waals surface area contributed by atoms with E-state index >= 15 is 0 Å². The second kappa shape index (κ2) is 8.44. The molecule has 1 aromatic rings. The summed E-state index contributed by atoms with van der Waals surface area (Å²) in [4.78, 5) is 23.4. The Labute approximate surface area is 145 Å². The van der Waals surface area contributed by atoms with Gasteiger partial charge in [0.2, 0.25) is 5.91 Å². The average molecular weight is 352 g/mol. The van der Waals surface area contributed by atoms with E-state index in [4.69, 9.17) is 14.9 Å². The van der Waals surface area contributed by atoms with Crippen molar-refractivity contribution in [3.63, 3.8) is 0 Å². The highest BCUT2D eigenvalue weighted by Gasteiger charge is 2.39. The molecule has 0 aromatic heterocycles. The molecule has 0 aliphatic rings. The van der Waals surface area contributed by atoms with E-state index in [1.165, 1.54) is 0 Å². The molecule has 0 heterocycles. The van der Waals surface area contributed by atoms with Crippen LogP contribution in [0.3, 0.4) is 0 Å². The molecule has 1 aromatic carbocycles. The van der Waals surface area contributed by atoms with Gasteiger partial charge in [-0.05, 0) is 23.7 Å². The zero-order valence-corrected chi connectivity index (χ0v) is 16.3. The predicted molar refractivity (Wildman–Crippen MR) is 96.7 cm³/mol. The van der Waals surface area contributed by atoms with E-state index in [1.54, 1.807) is 0 Å². The molecule has 0 unspecified atom stereocenters. The Balaban J connectivity index is 2.65. The van der Waals surface area contributed by atoms with Gasteiger partial charge in [-0.3, -0.25) is 9.59 Å². The lowest BCUT2D eigenvalue weighted by molar-refractivity contribution is -0.147. The van der Waals surface area contributed by atoms with Crippen molar-refractivity contribution in [2.75, 3.05) is 0 Å². The minimum atomic E-state index is -2.10. The SMILES string of the molecule is CC(C)(C)[Si](C)(C)O[C@@H](CC(N)=O)CC(=O)OCc1ccccc1. The number of benzene rings is 1. The molecule has 0 bridgehead atoms. The fourth-order valence-corrected chi connectivity index (χ4v) is 3.31. The molecule has 24 heavy (non-hydrogen) atoms. The van der Waals surface area contributed by atoms with E-state index in [1.807, 2.05) is 30.3 Å². The molecule has 5 nitrogen and oxygen atoms in total. The van der Waals surface area contributed by atoms with Gasteiger partial charge in [0, 0.05) is 0 Å². The first kappa shape index (κ1) is 20.4. The lowest BCUT2D eigenvalue weighted by Crippen LogP contribution is -2.45. The largest absolute Gasteiger partial charge is 0.461 e. The zero-order chi connectivity index (χ0) is 18.4. The van der Waals surface area contributed by atoms with Crippen LogP contribution in [-0.4, -0.2) is 26.3 Å². The maximum absolute atomic E-state index is 12.1. The summed E-state index contributed by atoms with van der Waals surface area (Å²) in [5, 5.41) is -0.0170. The van der Waals surface area contributed by atoms with Gasteiger partial charge in [0.1, 0.15) is 6.61 Å². The van der Waals surface area contributed by atoms with E-state index < -0.39 is 20.3 Å². The van der Waals surface area contributed by atoms with Crippen LogP contribution in [0.15, 0.2) is 30.3 Å². The first-order chi connectivity index (χ1) is 11.0. The molecular weight excluding hydrogens is 322 g/mol. The highest BCUT2D eigenvalue weighted by Crippen LogP contribution is 2.38. The van der Waals surface area contributed by atoms with Crippen molar-refractivity contribution in [3.8, 4) is 0 Å². The molecule has 0 fully saturated rings. The van der Waals surface area contributed by atoms with Crippen LogP contribution in [0.1, 0.15) is 39.2 Å². The average Bonchev–Trinajstić information content (AvgIpc) is 2.43. The van der Waals surface area contributed by atoms with Crippen molar-refractivity contribution in [1.29, 1.82) is 0 Å². The standard InChI is InChI=1S/C18H29NO4Si/c1-18(2,3)24(4,5)23-15(11-16(19)20)12-17(21)22-13-14-9-7-6-8-10-14/h6-10,15H,11-13H2,1-5H3,(H2,19,20)/t15-/m0/s1. The number of carbonyl (C=O) groups excluding carboxylic acids is 2. The summed E-state index contributed by atoms with van der Waals surface area (Å²) in [5.74, 6) is -0.863. The number of rotatable bonds is 8. The summed E-state index contributed by atoms with van der Waals surface area (Å²) in [6.07, 6.45) is -0.485. The van der Waals surface area contributed by atoms with Gasteiger partial charge in [0.25, 0.3) is 0 Å². The number of hydrogen-bond donors (Lipinski definition) is 1. The molecule has 6 heteroatoms. The maximum Gasteiger partial charge on any atom is 0.308 e. The van der Waals surface area contributed by atoms with Crippen molar-refractivity contribution in [3.05, 3.63) is 35.9 Å². The zero-order valence-electron chi connectivity index (χ0n) is 15.3. The fourth-order valence-electron chi connectivity index (χ4n) is 1.96. The molecular formula is C18H29NO4Si. The molecule has 1 atom stereocenters. The van der Waals surface area contributed by atoms with Crippen molar-refractivity contribution in [2.24, 2.45) is 5.73 Å². The van der Waals surface area contributed by atoms with E-state index in [2.05, 4.69) is 33.9 Å². The molecule has 2 N–H and O–H groups in total. The summed E-state index contributed by atoms with van der Waals surface area (Å²) in [6, 6.07) is 9.46. The Morgan fingerprint density at radius 2 is 1.71 bits per heavy atom. The van der Waals surface area contributed by atoms with Crippen LogP contribution >= 0.6 is 0 Å². The summed E-state index contributed by atoms with van der Waals surface area (Å²) in [7, 11) is -2.10. The number of carbonyl (C=O) groups is 2. The number of primary amides is 1. The quantitative estimate of drug-likeness (QED) is 0.575. The van der Waals surface area contributed by atoms with Gasteiger partial charge in [0.05, 0.1) is 18.9 Å². The Morgan fingerprint density at radius 3 is 2.21 bits per heavy atom. The third-order valence-corrected chi connectivity index (χ3v) is 8.87. The molecule has 1 amide bonds. The van der Waals surface area contributed by atoms with Gasteiger partial charge in [-0.2, -0.15) is 0 Å². The number of ether oxygens (including phenoxy) is 1. The monoisotopic (exact) mass is 351 g/mol. The molecule has 1 rings (SSSR count). The minimum absolute atomic E-state index is 0.0170. The molecule has 0 aliphatic heterocycles. The maximum atomic E-state index is 12.1. The van der Waals surface area contributed by atoms with Gasteiger partial charge in [-0.15, -0.1) is 0 Å². The Hall–Kier alpha value is -1.66. The van der Waals surface area contributed by atoms with Crippen molar-refractivity contribution >= 4 is 20.2 Å². The third kappa shape index (κ3) is 6.84. The number of nitrogens with two attached hydrogens (primary N) is 1. The topological polar surface area (TPSA) is 78.6 Å². The molecule has 134 valence electrons. The fraction of sp³-hybridized carbons (Fsp3) is 0.556. The molecule has 0 radical (unpaired) electrons. The Kier molecular flexibility index (Phi) is 7.17. The Morgan fingerprint density at radius 1 is 1.12 bits per heavy atom. The molecule has 0 spiro atoms. The van der Waals surface area contributed by atoms with Gasteiger partial charge in [-0.25, -0.2) is 0 Å². The normalized spacial score (nSPS) is 13.4. The third-order valence-electron chi connectivity index (χ3n) is 4.33. The van der Waals surface area contributed by atoms with E-state index in [0.717, 1.165) is 5.56 Å². The summed E-state index contributed by atoms with van der Waals surface area (Å²) in [6.45, 7) is 10.7. The lowest BCUT2D eigenvalue weighted by Gasteiger charge is -2.38. The van der Waals surface area contributed by atoms with Gasteiger partial charge in [-0.1, -0.05) is 51.1 Å². The van der Waals surface area contributed by atoms with Crippen molar-refractivity contribution in [1.82, 2.24) is 0 Å². The first-order valence-electron chi connectivity index (χ1n) is 8.17. The van der Waals surface area contributed by atoms with E-state index in [9.17, 15) is 9.59 Å².